The number of hydrogen-bond acceptors (Lipinski definition) is 3. The third-order valence-electron chi connectivity index (χ3n) is 11.8. The van der Waals surface area contributed by atoms with Crippen LogP contribution in [-0.4, -0.2) is 33.2 Å². The Hall–Kier alpha value is -0.876. The normalized spacial score (nSPS) is 10.7. The molecule has 0 bridgehead atoms. The average Bonchev–Trinajstić information content (AvgIpc) is 3.21. The second-order valence-corrected chi connectivity index (χ2v) is 20.3. The minimum atomic E-state index is -0.654. The van der Waals surface area contributed by atoms with Gasteiger partial charge in [0.1, 0.15) is 0 Å². The number of unbranched alkanes of at least 4 members (excludes halogenated alkanes) is 33. The molecule has 0 aromatic carbocycles. The quantitative estimate of drug-likeness (QED) is 0.0319. The van der Waals surface area contributed by atoms with Gasteiger partial charge in [-0.15, -0.1) is 0 Å². The number of carboxylic acids is 3. The van der Waals surface area contributed by atoms with Crippen molar-refractivity contribution in [3.05, 3.63) is 6.42 Å². The summed E-state index contributed by atoms with van der Waals surface area (Å²) in [5, 5.41) is 25.6. The van der Waals surface area contributed by atoms with Gasteiger partial charge in [0.05, 0.1) is 0 Å². The van der Waals surface area contributed by atoms with Gasteiger partial charge in [0, 0.05) is 41.0 Å². The smallest absolute Gasteiger partial charge is 0.303 e. The predicted octanol–water partition coefficient (Wildman–Crippen LogP) is 19.8. The summed E-state index contributed by atoms with van der Waals surface area (Å²) in [6, 6.07) is 0. The summed E-state index contributed by atoms with van der Waals surface area (Å²) in [6.07, 6.45) is 54.0. The van der Waals surface area contributed by atoms with Gasteiger partial charge in [0.25, 0.3) is 0 Å². The fraction of sp³-hybridized carbons (Fsp3) is 0.930. The number of carboxylic acid groups (broad SMARTS) is 3. The molecule has 64 heavy (non-hydrogen) atoms. The maximum atomic E-state index is 10.3. The van der Waals surface area contributed by atoms with Gasteiger partial charge in [-0.25, -0.2) is 0 Å². The predicted molar refractivity (Wildman–Crippen MR) is 277 cm³/mol. The van der Waals surface area contributed by atoms with Crippen molar-refractivity contribution in [1.82, 2.24) is 0 Å². The zero-order chi connectivity index (χ0) is 47.9. The SMILES string of the molecule is CC(C)CCCCCCCCCCCCCCC(=O)O.CC(C)CCCCCCCCCCCCCCC(=O)O.CC(C)CCCCCCCCCCCCCCC(=O)O.C[CH-]C.[Ti]. The van der Waals surface area contributed by atoms with Crippen molar-refractivity contribution < 1.29 is 51.4 Å². The van der Waals surface area contributed by atoms with Crippen LogP contribution in [0.25, 0.3) is 0 Å². The molecule has 0 unspecified atom stereocenters. The van der Waals surface area contributed by atoms with Crippen LogP contribution in [0, 0.1) is 24.2 Å². The fourth-order valence-corrected chi connectivity index (χ4v) is 7.79. The fourth-order valence-electron chi connectivity index (χ4n) is 7.79. The molecule has 0 aromatic rings. The number of rotatable bonds is 45. The maximum absolute atomic E-state index is 10.3. The van der Waals surface area contributed by atoms with E-state index in [9.17, 15) is 14.4 Å². The van der Waals surface area contributed by atoms with E-state index >= 15 is 0 Å². The number of hydrogen-bond donors (Lipinski definition) is 3. The molecule has 0 saturated heterocycles. The molecule has 0 heterocycles. The zero-order valence-corrected chi connectivity index (χ0v) is 46.1. The summed E-state index contributed by atoms with van der Waals surface area (Å²) in [7, 11) is 0. The van der Waals surface area contributed by atoms with Gasteiger partial charge in [0.15, 0.2) is 0 Å². The third-order valence-corrected chi connectivity index (χ3v) is 11.8. The van der Waals surface area contributed by atoms with E-state index in [4.69, 9.17) is 15.3 Å². The monoisotopic (exact) mass is 944 g/mol. The number of aliphatic carboxylic acids is 3. The van der Waals surface area contributed by atoms with Crippen LogP contribution in [0.15, 0.2) is 0 Å². The summed E-state index contributed by atoms with van der Waals surface area (Å²) < 4.78 is 0. The van der Waals surface area contributed by atoms with E-state index in [2.05, 4.69) is 41.5 Å². The topological polar surface area (TPSA) is 112 Å². The first-order chi connectivity index (χ1) is 30.3. The molecule has 0 aliphatic heterocycles. The van der Waals surface area contributed by atoms with Crippen molar-refractivity contribution in [3.8, 4) is 0 Å². The van der Waals surface area contributed by atoms with Crippen LogP contribution in [-0.2, 0) is 36.1 Å². The summed E-state index contributed by atoms with van der Waals surface area (Å²) >= 11 is 0. The van der Waals surface area contributed by atoms with E-state index in [0.717, 1.165) is 56.3 Å². The van der Waals surface area contributed by atoms with Gasteiger partial charge in [-0.2, -0.15) is 13.8 Å². The van der Waals surface area contributed by atoms with Crippen LogP contribution in [0.3, 0.4) is 0 Å². The Labute approximate surface area is 416 Å². The van der Waals surface area contributed by atoms with Crippen molar-refractivity contribution in [2.45, 2.75) is 325 Å². The average molecular weight is 944 g/mol. The maximum Gasteiger partial charge on any atom is 0.303 e. The Morgan fingerprint density at radius 2 is 0.391 bits per heavy atom. The van der Waals surface area contributed by atoms with Gasteiger partial charge in [-0.3, -0.25) is 14.4 Å². The first-order valence-corrected chi connectivity index (χ1v) is 27.7. The summed E-state index contributed by atoms with van der Waals surface area (Å²) in [4.78, 5) is 31.0. The molecule has 0 rings (SSSR count). The molecule has 6 nitrogen and oxygen atoms in total. The molecule has 0 atom stereocenters. The second kappa shape index (κ2) is 64.2. The standard InChI is InChI=1S/3C18H36O2.C3H7.Ti/c3*1-17(2)15-13-11-9-7-5-3-4-6-8-10-12-14-16-18(19)20;1-3-2;/h3*17H,3-16H2,1-2H3,(H,19,20);3H,1-2H3;/q;;;-1;. The van der Waals surface area contributed by atoms with Crippen LogP contribution in [0.4, 0.5) is 0 Å². The van der Waals surface area contributed by atoms with E-state index in [-0.39, 0.29) is 21.7 Å². The van der Waals surface area contributed by atoms with Crippen LogP contribution >= 0.6 is 0 Å². The van der Waals surface area contributed by atoms with Gasteiger partial charge in [0.2, 0.25) is 0 Å². The second-order valence-electron chi connectivity index (χ2n) is 20.3. The van der Waals surface area contributed by atoms with Crippen molar-refractivity contribution in [2.24, 2.45) is 17.8 Å². The van der Waals surface area contributed by atoms with Crippen LogP contribution in [0.5, 0.6) is 0 Å². The van der Waals surface area contributed by atoms with Gasteiger partial charge < -0.3 is 21.7 Å². The first-order valence-electron chi connectivity index (χ1n) is 27.7. The molecule has 3 N–H and O–H groups in total. The van der Waals surface area contributed by atoms with E-state index in [1.54, 1.807) is 0 Å². The van der Waals surface area contributed by atoms with Crippen molar-refractivity contribution in [1.29, 1.82) is 0 Å². The third kappa shape index (κ3) is 87.9. The Bertz CT molecular complexity index is 767. The Morgan fingerprint density at radius 3 is 0.500 bits per heavy atom. The van der Waals surface area contributed by atoms with E-state index in [0.29, 0.717) is 19.3 Å². The van der Waals surface area contributed by atoms with Crippen molar-refractivity contribution >= 4 is 17.9 Å². The zero-order valence-electron chi connectivity index (χ0n) is 44.6. The molecule has 0 spiro atoms. The van der Waals surface area contributed by atoms with Crippen LogP contribution in [0.1, 0.15) is 325 Å². The van der Waals surface area contributed by atoms with E-state index < -0.39 is 17.9 Å². The molecule has 0 aromatic heterocycles. The molecular formula is C57H115O6Ti-. The molecule has 0 radical (unpaired) electrons. The van der Waals surface area contributed by atoms with Crippen LogP contribution in [0.2, 0.25) is 0 Å². The van der Waals surface area contributed by atoms with Crippen molar-refractivity contribution in [3.63, 3.8) is 0 Å². The van der Waals surface area contributed by atoms with Gasteiger partial charge in [-0.05, 0) is 37.0 Å². The molecular weight excluding hydrogens is 828 g/mol. The van der Waals surface area contributed by atoms with Crippen molar-refractivity contribution in [2.75, 3.05) is 0 Å². The summed E-state index contributed by atoms with van der Waals surface area (Å²) in [5.41, 5.74) is 0. The summed E-state index contributed by atoms with van der Waals surface area (Å²) in [5.74, 6) is 0.636. The van der Waals surface area contributed by atoms with Gasteiger partial charge in [-0.1, -0.05) is 273 Å². The minimum absolute atomic E-state index is 0. The van der Waals surface area contributed by atoms with E-state index in [1.165, 1.54) is 212 Å². The molecule has 0 saturated carbocycles. The molecule has 0 fully saturated rings. The summed E-state index contributed by atoms with van der Waals surface area (Å²) in [6.45, 7) is 17.8. The largest absolute Gasteiger partial charge is 0.481 e. The number of carbonyl (C=O) groups is 3. The molecule has 0 amide bonds. The van der Waals surface area contributed by atoms with Gasteiger partial charge >= 0.3 is 17.9 Å². The van der Waals surface area contributed by atoms with Crippen LogP contribution < -0.4 is 0 Å². The molecule has 7 heteroatoms. The molecule has 0 aliphatic carbocycles. The van der Waals surface area contributed by atoms with E-state index in [1.807, 2.05) is 20.3 Å². The first kappa shape index (κ1) is 72.1. The Balaban J connectivity index is -0.000000261. The Morgan fingerprint density at radius 1 is 0.281 bits per heavy atom. The Kier molecular flexibility index (Phi) is 72.3. The molecule has 384 valence electrons. The minimum Gasteiger partial charge on any atom is -0.481 e. The molecule has 0 aliphatic rings.